The summed E-state index contributed by atoms with van der Waals surface area (Å²) in [6.07, 6.45) is 5.95. The fraction of sp³-hybridized carbons (Fsp3) is 0.917. The molecule has 6 atom stereocenters. The van der Waals surface area contributed by atoms with Crippen molar-refractivity contribution in [2.75, 3.05) is 26.2 Å². The molecule has 2 aliphatic carbocycles. The SMILES string of the molecule is CCCNC(=O)O[C@@H]1CC[C@]2(C)C(CC[C@@H](O)[C@H]2CC(=O)N2CCCCC2)[C@]1(C)CO. The zero-order valence-electron chi connectivity index (χ0n) is 19.6. The van der Waals surface area contributed by atoms with Gasteiger partial charge in [0.05, 0.1) is 12.7 Å². The highest BCUT2D eigenvalue weighted by molar-refractivity contribution is 5.76. The number of fused-ring (bicyclic) bond motifs is 1. The minimum atomic E-state index is -0.594. The van der Waals surface area contributed by atoms with Crippen molar-refractivity contribution in [3.05, 3.63) is 0 Å². The van der Waals surface area contributed by atoms with Crippen LogP contribution in [-0.2, 0) is 9.53 Å². The van der Waals surface area contributed by atoms with E-state index in [1.165, 1.54) is 6.42 Å². The third kappa shape index (κ3) is 4.87. The van der Waals surface area contributed by atoms with E-state index in [-0.39, 0.29) is 35.9 Å². The van der Waals surface area contributed by atoms with Crippen LogP contribution in [0.5, 0.6) is 0 Å². The Balaban J connectivity index is 1.77. The molecular weight excluding hydrogens is 396 g/mol. The number of piperidine rings is 1. The maximum atomic E-state index is 13.1. The van der Waals surface area contributed by atoms with Gasteiger partial charge in [0.25, 0.3) is 0 Å². The smallest absolute Gasteiger partial charge is 0.407 e. The predicted molar refractivity (Wildman–Crippen MR) is 118 cm³/mol. The first-order valence-electron chi connectivity index (χ1n) is 12.3. The summed E-state index contributed by atoms with van der Waals surface area (Å²) < 4.78 is 5.78. The summed E-state index contributed by atoms with van der Waals surface area (Å²) in [6, 6.07) is 0. The Morgan fingerprint density at radius 2 is 1.84 bits per heavy atom. The number of alkyl carbamates (subject to hydrolysis) is 1. The molecule has 7 heteroatoms. The van der Waals surface area contributed by atoms with Crippen molar-refractivity contribution in [2.45, 2.75) is 90.8 Å². The Hall–Kier alpha value is -1.34. The summed E-state index contributed by atoms with van der Waals surface area (Å²) in [7, 11) is 0. The number of nitrogens with one attached hydrogen (secondary N) is 1. The number of rotatable bonds is 6. The summed E-state index contributed by atoms with van der Waals surface area (Å²) in [5.74, 6) is 0.0837. The van der Waals surface area contributed by atoms with E-state index >= 15 is 0 Å². The highest BCUT2D eigenvalue weighted by atomic mass is 16.6. The lowest BCUT2D eigenvalue weighted by atomic mass is 9.46. The van der Waals surface area contributed by atoms with Crippen molar-refractivity contribution < 1.29 is 24.5 Å². The lowest BCUT2D eigenvalue weighted by Crippen LogP contribution is -2.61. The van der Waals surface area contributed by atoms with Crippen molar-refractivity contribution in [3.8, 4) is 0 Å². The number of ether oxygens (including phenoxy) is 1. The van der Waals surface area contributed by atoms with Gasteiger partial charge >= 0.3 is 6.09 Å². The number of amides is 2. The second-order valence-corrected chi connectivity index (χ2v) is 10.5. The molecule has 0 spiro atoms. The van der Waals surface area contributed by atoms with Gasteiger partial charge in [0.1, 0.15) is 6.10 Å². The molecule has 3 rings (SSSR count). The molecule has 3 fully saturated rings. The summed E-state index contributed by atoms with van der Waals surface area (Å²) >= 11 is 0. The lowest BCUT2D eigenvalue weighted by molar-refractivity contribution is -0.187. The second kappa shape index (κ2) is 10.1. The largest absolute Gasteiger partial charge is 0.446 e. The molecule has 1 heterocycles. The third-order valence-electron chi connectivity index (χ3n) is 8.55. The van der Waals surface area contributed by atoms with Crippen molar-refractivity contribution in [1.29, 1.82) is 0 Å². The molecule has 0 radical (unpaired) electrons. The van der Waals surface area contributed by atoms with Crippen molar-refractivity contribution >= 4 is 12.0 Å². The van der Waals surface area contributed by atoms with E-state index in [2.05, 4.69) is 12.2 Å². The Bertz CT molecular complexity index is 637. The molecule has 0 bridgehead atoms. The first-order valence-corrected chi connectivity index (χ1v) is 12.3. The maximum Gasteiger partial charge on any atom is 0.407 e. The van der Waals surface area contributed by atoms with Gasteiger partial charge in [-0.15, -0.1) is 0 Å². The molecule has 7 nitrogen and oxygen atoms in total. The van der Waals surface area contributed by atoms with E-state index in [9.17, 15) is 19.8 Å². The molecule has 0 aromatic heterocycles. The van der Waals surface area contributed by atoms with Gasteiger partial charge < -0.3 is 25.2 Å². The van der Waals surface area contributed by atoms with Gasteiger partial charge in [-0.25, -0.2) is 4.79 Å². The molecule has 3 aliphatic rings. The van der Waals surface area contributed by atoms with Crippen LogP contribution in [0.3, 0.4) is 0 Å². The van der Waals surface area contributed by atoms with Crippen LogP contribution in [-0.4, -0.2) is 65.6 Å². The van der Waals surface area contributed by atoms with Gasteiger partial charge in [0.15, 0.2) is 0 Å². The first-order chi connectivity index (χ1) is 14.8. The van der Waals surface area contributed by atoms with Crippen LogP contribution < -0.4 is 5.32 Å². The molecule has 1 saturated heterocycles. The maximum absolute atomic E-state index is 13.1. The van der Waals surface area contributed by atoms with Crippen LogP contribution in [0, 0.1) is 22.7 Å². The number of carbonyl (C=O) groups excluding carboxylic acids is 2. The Morgan fingerprint density at radius 1 is 1.13 bits per heavy atom. The van der Waals surface area contributed by atoms with Crippen LogP contribution >= 0.6 is 0 Å². The van der Waals surface area contributed by atoms with Gasteiger partial charge in [-0.3, -0.25) is 4.79 Å². The third-order valence-corrected chi connectivity index (χ3v) is 8.55. The van der Waals surface area contributed by atoms with E-state index < -0.39 is 17.6 Å². The van der Waals surface area contributed by atoms with E-state index in [0.717, 1.165) is 45.2 Å². The Kier molecular flexibility index (Phi) is 7.90. The number of nitrogens with zero attached hydrogens (tertiary/aromatic N) is 1. The monoisotopic (exact) mass is 438 g/mol. The number of aliphatic hydroxyl groups is 2. The average molecular weight is 439 g/mol. The van der Waals surface area contributed by atoms with Crippen molar-refractivity contribution in [3.63, 3.8) is 0 Å². The number of carbonyl (C=O) groups is 2. The molecule has 1 unspecified atom stereocenters. The summed E-state index contributed by atoms with van der Waals surface area (Å²) in [5, 5.41) is 24.2. The van der Waals surface area contributed by atoms with Crippen LogP contribution in [0.15, 0.2) is 0 Å². The quantitative estimate of drug-likeness (QED) is 0.592. The summed E-state index contributed by atoms with van der Waals surface area (Å²) in [4.78, 5) is 27.3. The molecule has 3 N–H and O–H groups in total. The van der Waals surface area contributed by atoms with E-state index in [1.54, 1.807) is 0 Å². The van der Waals surface area contributed by atoms with Gasteiger partial charge in [-0.2, -0.15) is 0 Å². The summed E-state index contributed by atoms with van der Waals surface area (Å²) in [6.45, 7) is 8.29. The molecule has 0 aromatic carbocycles. The zero-order valence-corrected chi connectivity index (χ0v) is 19.6. The molecule has 1 aliphatic heterocycles. The Labute approximate surface area is 186 Å². The fourth-order valence-corrected chi connectivity index (χ4v) is 6.64. The number of aliphatic hydroxyl groups excluding tert-OH is 2. The topological polar surface area (TPSA) is 99.1 Å². The van der Waals surface area contributed by atoms with E-state index in [0.29, 0.717) is 25.8 Å². The van der Waals surface area contributed by atoms with Gasteiger partial charge in [0, 0.05) is 31.5 Å². The number of likely N-dealkylation sites (tertiary alicyclic amines) is 1. The molecule has 2 amide bonds. The molecule has 2 saturated carbocycles. The van der Waals surface area contributed by atoms with Gasteiger partial charge in [-0.05, 0) is 68.6 Å². The standard InChI is InChI=1S/C24H42N2O5/c1-4-12-25-22(30)31-20-10-11-23(2)17(15-21(29)26-13-6-5-7-14-26)18(28)8-9-19(23)24(20,3)16-27/h17-20,27-28H,4-16H2,1-3H3,(H,25,30)/t17-,18-,19?,20-,23+,24+/m1/s1. The minimum Gasteiger partial charge on any atom is -0.446 e. The van der Waals surface area contributed by atoms with E-state index in [1.807, 2.05) is 18.7 Å². The second-order valence-electron chi connectivity index (χ2n) is 10.5. The minimum absolute atomic E-state index is 0.0743. The van der Waals surface area contributed by atoms with Crippen LogP contribution in [0.2, 0.25) is 0 Å². The lowest BCUT2D eigenvalue weighted by Gasteiger charge is -2.60. The number of hydrogen-bond donors (Lipinski definition) is 3. The fourth-order valence-electron chi connectivity index (χ4n) is 6.64. The zero-order chi connectivity index (χ0) is 22.6. The average Bonchev–Trinajstić information content (AvgIpc) is 2.77. The van der Waals surface area contributed by atoms with E-state index in [4.69, 9.17) is 4.74 Å². The van der Waals surface area contributed by atoms with Gasteiger partial charge in [-0.1, -0.05) is 20.8 Å². The molecule has 31 heavy (non-hydrogen) atoms. The first kappa shape index (κ1) is 24.3. The molecule has 0 aromatic rings. The summed E-state index contributed by atoms with van der Waals surface area (Å²) in [5.41, 5.74) is -0.872. The molecule has 178 valence electrons. The highest BCUT2D eigenvalue weighted by Gasteiger charge is 2.60. The normalized spacial score (nSPS) is 38.3. The van der Waals surface area contributed by atoms with Crippen LogP contribution in [0.25, 0.3) is 0 Å². The Morgan fingerprint density at radius 3 is 2.48 bits per heavy atom. The van der Waals surface area contributed by atoms with Crippen LogP contribution in [0.4, 0.5) is 4.79 Å². The highest BCUT2D eigenvalue weighted by Crippen LogP contribution is 2.61. The van der Waals surface area contributed by atoms with Crippen molar-refractivity contribution in [1.82, 2.24) is 10.2 Å². The van der Waals surface area contributed by atoms with Crippen molar-refractivity contribution in [2.24, 2.45) is 22.7 Å². The number of hydrogen-bond acceptors (Lipinski definition) is 5. The molecular formula is C24H42N2O5. The predicted octanol–water partition coefficient (Wildman–Crippen LogP) is 3.08. The van der Waals surface area contributed by atoms with Crippen LogP contribution in [0.1, 0.15) is 78.6 Å². The van der Waals surface area contributed by atoms with Gasteiger partial charge in [0.2, 0.25) is 5.91 Å².